The number of nitrogens with one attached hydrogen (secondary N) is 1. The molecule has 1 atom stereocenters. The zero-order valence-electron chi connectivity index (χ0n) is 14.8. The summed E-state index contributed by atoms with van der Waals surface area (Å²) in [5.74, 6) is 1.65. The Labute approximate surface area is 145 Å². The molecule has 0 unspecified atom stereocenters. The second kappa shape index (κ2) is 8.27. The van der Waals surface area contributed by atoms with Crippen LogP contribution in [0.3, 0.4) is 0 Å². The van der Waals surface area contributed by atoms with Crippen LogP contribution in [0, 0.1) is 0 Å². The summed E-state index contributed by atoms with van der Waals surface area (Å²) in [6.45, 7) is 8.44. The summed E-state index contributed by atoms with van der Waals surface area (Å²) in [6, 6.07) is 14.9. The minimum absolute atomic E-state index is 0.509. The molecule has 1 aliphatic heterocycles. The quantitative estimate of drug-likeness (QED) is 0.885. The van der Waals surface area contributed by atoms with Gasteiger partial charge in [-0.05, 0) is 24.6 Å². The lowest BCUT2D eigenvalue weighted by Crippen LogP contribution is -2.45. The molecule has 4 heteroatoms. The lowest BCUT2D eigenvalue weighted by molar-refractivity contribution is 0.311. The van der Waals surface area contributed by atoms with Gasteiger partial charge in [-0.3, -0.25) is 0 Å². The van der Waals surface area contributed by atoms with Crippen molar-refractivity contribution in [2.75, 3.05) is 44.7 Å². The lowest BCUT2D eigenvalue weighted by atomic mass is 10.0. The maximum atomic E-state index is 4.65. The number of piperazine rings is 1. The molecule has 1 aromatic carbocycles. The van der Waals surface area contributed by atoms with E-state index in [2.05, 4.69) is 70.5 Å². The molecular weight excluding hydrogens is 296 g/mol. The van der Waals surface area contributed by atoms with Crippen molar-refractivity contribution in [1.82, 2.24) is 15.2 Å². The van der Waals surface area contributed by atoms with E-state index in [4.69, 9.17) is 0 Å². The van der Waals surface area contributed by atoms with E-state index in [1.807, 2.05) is 12.3 Å². The van der Waals surface area contributed by atoms with Crippen LogP contribution in [0.15, 0.2) is 48.7 Å². The van der Waals surface area contributed by atoms with Gasteiger partial charge in [-0.1, -0.05) is 43.3 Å². The summed E-state index contributed by atoms with van der Waals surface area (Å²) in [5, 5.41) is 3.61. The van der Waals surface area contributed by atoms with Crippen LogP contribution in [0.2, 0.25) is 0 Å². The number of aromatic nitrogens is 1. The van der Waals surface area contributed by atoms with E-state index in [0.717, 1.165) is 45.1 Å². The fraction of sp³-hybridized carbons (Fsp3) is 0.450. The highest BCUT2D eigenvalue weighted by molar-refractivity contribution is 5.47. The molecule has 24 heavy (non-hydrogen) atoms. The first kappa shape index (κ1) is 16.9. The average Bonchev–Trinajstić information content (AvgIpc) is 2.63. The fourth-order valence-electron chi connectivity index (χ4n) is 3.19. The third-order valence-electron chi connectivity index (χ3n) is 4.80. The summed E-state index contributed by atoms with van der Waals surface area (Å²) < 4.78 is 0. The molecule has 1 aliphatic rings. The van der Waals surface area contributed by atoms with Gasteiger partial charge in [0, 0.05) is 51.0 Å². The predicted molar refractivity (Wildman–Crippen MR) is 101 cm³/mol. The molecule has 1 fully saturated rings. The molecule has 0 bridgehead atoms. The van der Waals surface area contributed by atoms with E-state index in [9.17, 15) is 0 Å². The van der Waals surface area contributed by atoms with Gasteiger partial charge in [0.2, 0.25) is 0 Å². The highest BCUT2D eigenvalue weighted by atomic mass is 15.3. The molecular formula is C20H28N4. The van der Waals surface area contributed by atoms with Crippen molar-refractivity contribution >= 4 is 5.82 Å². The average molecular weight is 324 g/mol. The normalized spacial score (nSPS) is 17.0. The van der Waals surface area contributed by atoms with E-state index < -0.39 is 0 Å². The van der Waals surface area contributed by atoms with Crippen LogP contribution in [-0.2, 0) is 6.54 Å². The van der Waals surface area contributed by atoms with Gasteiger partial charge in [-0.15, -0.1) is 0 Å². The summed E-state index contributed by atoms with van der Waals surface area (Å²) >= 11 is 0. The second-order valence-corrected chi connectivity index (χ2v) is 6.72. The fourth-order valence-corrected chi connectivity index (χ4v) is 3.19. The highest BCUT2D eigenvalue weighted by Gasteiger charge is 2.17. The van der Waals surface area contributed by atoms with Gasteiger partial charge in [0.25, 0.3) is 0 Å². The van der Waals surface area contributed by atoms with Crippen LogP contribution in [0.5, 0.6) is 0 Å². The third-order valence-corrected chi connectivity index (χ3v) is 4.80. The predicted octanol–water partition coefficient (Wildman–Crippen LogP) is 2.73. The van der Waals surface area contributed by atoms with E-state index in [1.54, 1.807) is 0 Å². The van der Waals surface area contributed by atoms with Crippen molar-refractivity contribution in [1.29, 1.82) is 0 Å². The molecule has 0 aliphatic carbocycles. The number of likely N-dealkylation sites (N-methyl/N-ethyl adjacent to an activating group) is 1. The first-order valence-electron chi connectivity index (χ1n) is 8.87. The van der Waals surface area contributed by atoms with Crippen LogP contribution < -0.4 is 10.2 Å². The van der Waals surface area contributed by atoms with Gasteiger partial charge in [0.15, 0.2) is 0 Å². The van der Waals surface area contributed by atoms with Crippen molar-refractivity contribution in [2.45, 2.75) is 19.4 Å². The first-order chi connectivity index (χ1) is 11.7. The summed E-state index contributed by atoms with van der Waals surface area (Å²) in [4.78, 5) is 9.44. The highest BCUT2D eigenvalue weighted by Crippen LogP contribution is 2.19. The minimum atomic E-state index is 0.509. The summed E-state index contributed by atoms with van der Waals surface area (Å²) in [5.41, 5.74) is 2.68. The molecule has 2 aromatic rings. The number of hydrogen-bond acceptors (Lipinski definition) is 4. The van der Waals surface area contributed by atoms with Crippen LogP contribution in [-0.4, -0.2) is 49.7 Å². The van der Waals surface area contributed by atoms with Gasteiger partial charge >= 0.3 is 0 Å². The van der Waals surface area contributed by atoms with Gasteiger partial charge in [0.1, 0.15) is 5.82 Å². The van der Waals surface area contributed by atoms with Gasteiger partial charge in [-0.25, -0.2) is 4.98 Å². The Bertz CT molecular complexity index is 621. The SMILES string of the molecule is C[C@@H](CNCc1cccnc1N1CCN(C)CC1)c1ccccc1. The Morgan fingerprint density at radius 1 is 1.04 bits per heavy atom. The van der Waals surface area contributed by atoms with Crippen LogP contribution in [0.4, 0.5) is 5.82 Å². The van der Waals surface area contributed by atoms with Crippen LogP contribution in [0.25, 0.3) is 0 Å². The van der Waals surface area contributed by atoms with Crippen molar-refractivity contribution in [3.63, 3.8) is 0 Å². The number of anilines is 1. The molecule has 0 saturated carbocycles. The number of hydrogen-bond donors (Lipinski definition) is 1. The van der Waals surface area contributed by atoms with Crippen molar-refractivity contribution in [3.8, 4) is 0 Å². The van der Waals surface area contributed by atoms with E-state index in [1.165, 1.54) is 11.1 Å². The van der Waals surface area contributed by atoms with E-state index >= 15 is 0 Å². The zero-order valence-corrected chi connectivity index (χ0v) is 14.8. The number of rotatable bonds is 6. The molecule has 128 valence electrons. The number of nitrogens with zero attached hydrogens (tertiary/aromatic N) is 3. The molecule has 0 radical (unpaired) electrons. The molecule has 3 rings (SSSR count). The Hall–Kier alpha value is -1.91. The van der Waals surface area contributed by atoms with Gasteiger partial charge in [-0.2, -0.15) is 0 Å². The Morgan fingerprint density at radius 3 is 2.54 bits per heavy atom. The standard InChI is InChI=1S/C20H28N4/c1-17(18-7-4-3-5-8-18)15-21-16-19-9-6-10-22-20(19)24-13-11-23(2)12-14-24/h3-10,17,21H,11-16H2,1-2H3/t17-/m0/s1. The van der Waals surface area contributed by atoms with Crippen LogP contribution in [0.1, 0.15) is 24.0 Å². The molecule has 2 heterocycles. The van der Waals surface area contributed by atoms with Crippen molar-refractivity contribution in [3.05, 3.63) is 59.8 Å². The molecule has 0 amide bonds. The summed E-state index contributed by atoms with van der Waals surface area (Å²) in [6.07, 6.45) is 1.91. The monoisotopic (exact) mass is 324 g/mol. The van der Waals surface area contributed by atoms with Crippen molar-refractivity contribution < 1.29 is 0 Å². The smallest absolute Gasteiger partial charge is 0.133 e. The Balaban J connectivity index is 1.57. The third kappa shape index (κ3) is 4.34. The van der Waals surface area contributed by atoms with Gasteiger partial charge in [0.05, 0.1) is 0 Å². The molecule has 1 N–H and O–H groups in total. The lowest BCUT2D eigenvalue weighted by Gasteiger charge is -2.34. The molecule has 1 aromatic heterocycles. The van der Waals surface area contributed by atoms with E-state index in [0.29, 0.717) is 5.92 Å². The molecule has 4 nitrogen and oxygen atoms in total. The maximum absolute atomic E-state index is 4.65. The second-order valence-electron chi connectivity index (χ2n) is 6.72. The largest absolute Gasteiger partial charge is 0.354 e. The topological polar surface area (TPSA) is 31.4 Å². The Morgan fingerprint density at radius 2 is 1.79 bits per heavy atom. The molecule has 1 saturated heterocycles. The first-order valence-corrected chi connectivity index (χ1v) is 8.87. The maximum Gasteiger partial charge on any atom is 0.133 e. The number of benzene rings is 1. The molecule has 0 spiro atoms. The van der Waals surface area contributed by atoms with Gasteiger partial charge < -0.3 is 15.1 Å². The van der Waals surface area contributed by atoms with Crippen molar-refractivity contribution in [2.24, 2.45) is 0 Å². The summed E-state index contributed by atoms with van der Waals surface area (Å²) in [7, 11) is 2.18. The zero-order chi connectivity index (χ0) is 16.8. The Kier molecular flexibility index (Phi) is 5.83. The van der Waals surface area contributed by atoms with E-state index in [-0.39, 0.29) is 0 Å². The van der Waals surface area contributed by atoms with Crippen LogP contribution >= 0.6 is 0 Å². The minimum Gasteiger partial charge on any atom is -0.354 e. The number of pyridine rings is 1.